The number of rotatable bonds is 9. The third kappa shape index (κ3) is 6.88. The minimum atomic E-state index is -4.06. The highest BCUT2D eigenvalue weighted by molar-refractivity contribution is 7.92. The number of sulfonamides is 1. The van der Waals surface area contributed by atoms with Crippen LogP contribution in [0, 0.1) is 20.8 Å². The van der Waals surface area contributed by atoms with Crippen LogP contribution >= 0.6 is 23.2 Å². The molecule has 34 heavy (non-hydrogen) atoms. The summed E-state index contributed by atoms with van der Waals surface area (Å²) >= 11 is 12.2. The largest absolute Gasteiger partial charge is 0.492 e. The Hall–Kier alpha value is -2.74. The Morgan fingerprint density at radius 3 is 2.06 bits per heavy atom. The van der Waals surface area contributed by atoms with Crippen LogP contribution in [0.25, 0.3) is 0 Å². The highest BCUT2D eigenvalue weighted by atomic mass is 35.5. The zero-order chi connectivity index (χ0) is 24.9. The third-order valence-corrected chi connectivity index (χ3v) is 7.14. The van der Waals surface area contributed by atoms with Crippen LogP contribution in [0.4, 0.5) is 5.69 Å². The smallest absolute Gasteiger partial charge is 0.264 e. The molecule has 180 valence electrons. The second kappa shape index (κ2) is 11.1. The summed E-state index contributed by atoms with van der Waals surface area (Å²) in [4.78, 5) is 12.8. The third-order valence-electron chi connectivity index (χ3n) is 4.92. The molecule has 3 rings (SSSR count). The molecule has 0 aliphatic heterocycles. The van der Waals surface area contributed by atoms with Crippen LogP contribution in [0.2, 0.25) is 10.0 Å². The lowest BCUT2D eigenvalue weighted by Crippen LogP contribution is -2.42. The van der Waals surface area contributed by atoms with E-state index in [1.807, 2.05) is 39.0 Å². The maximum absolute atomic E-state index is 13.4. The van der Waals surface area contributed by atoms with Crippen LogP contribution in [0.5, 0.6) is 5.75 Å². The van der Waals surface area contributed by atoms with Crippen LogP contribution in [0.3, 0.4) is 0 Å². The molecule has 0 bridgehead atoms. The predicted molar refractivity (Wildman–Crippen MR) is 137 cm³/mol. The van der Waals surface area contributed by atoms with Gasteiger partial charge in [-0.15, -0.1) is 0 Å². The second-order valence-electron chi connectivity index (χ2n) is 7.97. The molecule has 3 aromatic carbocycles. The summed E-state index contributed by atoms with van der Waals surface area (Å²) in [6.45, 7) is 5.82. The van der Waals surface area contributed by atoms with E-state index >= 15 is 0 Å². The van der Waals surface area contributed by atoms with Gasteiger partial charge in [0.2, 0.25) is 5.91 Å². The first-order valence-electron chi connectivity index (χ1n) is 10.6. The zero-order valence-corrected chi connectivity index (χ0v) is 21.5. The van der Waals surface area contributed by atoms with Gasteiger partial charge in [-0.3, -0.25) is 9.10 Å². The van der Waals surface area contributed by atoms with E-state index < -0.39 is 22.5 Å². The van der Waals surface area contributed by atoms with Gasteiger partial charge in [-0.2, -0.15) is 0 Å². The van der Waals surface area contributed by atoms with Crippen molar-refractivity contribution < 1.29 is 17.9 Å². The van der Waals surface area contributed by atoms with Gasteiger partial charge in [-0.1, -0.05) is 47.0 Å². The first-order chi connectivity index (χ1) is 16.0. The summed E-state index contributed by atoms with van der Waals surface area (Å²) in [5.41, 5.74) is 3.27. The highest BCUT2D eigenvalue weighted by Crippen LogP contribution is 2.29. The van der Waals surface area contributed by atoms with Gasteiger partial charge >= 0.3 is 0 Å². The van der Waals surface area contributed by atoms with Crippen molar-refractivity contribution >= 4 is 44.8 Å². The van der Waals surface area contributed by atoms with E-state index in [1.54, 1.807) is 12.1 Å². The normalized spacial score (nSPS) is 11.2. The Morgan fingerprint density at radius 1 is 0.882 bits per heavy atom. The number of nitrogens with one attached hydrogen (secondary N) is 1. The van der Waals surface area contributed by atoms with Crippen molar-refractivity contribution in [1.29, 1.82) is 0 Å². The van der Waals surface area contributed by atoms with Crippen LogP contribution in [-0.2, 0) is 14.8 Å². The van der Waals surface area contributed by atoms with Crippen LogP contribution in [0.1, 0.15) is 16.7 Å². The molecule has 0 saturated carbocycles. The average molecular weight is 521 g/mol. The number of ether oxygens (including phenoxy) is 1. The highest BCUT2D eigenvalue weighted by Gasteiger charge is 2.27. The first-order valence-corrected chi connectivity index (χ1v) is 12.8. The predicted octanol–water partition coefficient (Wildman–Crippen LogP) is 5.31. The van der Waals surface area contributed by atoms with Crippen molar-refractivity contribution in [2.45, 2.75) is 25.7 Å². The van der Waals surface area contributed by atoms with Gasteiger partial charge in [0.1, 0.15) is 18.9 Å². The number of hydrogen-bond acceptors (Lipinski definition) is 4. The van der Waals surface area contributed by atoms with Crippen molar-refractivity contribution in [3.63, 3.8) is 0 Å². The van der Waals surface area contributed by atoms with Gasteiger partial charge in [-0.25, -0.2) is 8.42 Å². The van der Waals surface area contributed by atoms with Crippen molar-refractivity contribution in [1.82, 2.24) is 5.32 Å². The van der Waals surface area contributed by atoms with Crippen LogP contribution in [-0.4, -0.2) is 34.0 Å². The number of anilines is 1. The van der Waals surface area contributed by atoms with Gasteiger partial charge in [0.25, 0.3) is 10.0 Å². The summed E-state index contributed by atoms with van der Waals surface area (Å²) in [6.07, 6.45) is 0. The standard InChI is InChI=1S/C25H26Cl2N2O4S/c1-17-4-6-24(7-5-17)34(31,32)29(22-14-20(26)13-21(27)15-22)16-25(30)28-8-9-33-23-11-18(2)10-19(3)12-23/h4-7,10-15H,8-9,16H2,1-3H3,(H,28,30). The van der Waals surface area contributed by atoms with Crippen LogP contribution < -0.4 is 14.4 Å². The monoisotopic (exact) mass is 520 g/mol. The average Bonchev–Trinajstić information content (AvgIpc) is 2.74. The van der Waals surface area contributed by atoms with Crippen molar-refractivity contribution in [3.05, 3.63) is 87.4 Å². The second-order valence-corrected chi connectivity index (χ2v) is 10.7. The lowest BCUT2D eigenvalue weighted by molar-refractivity contribution is -0.119. The fraction of sp³-hybridized carbons (Fsp3) is 0.240. The maximum Gasteiger partial charge on any atom is 0.264 e. The summed E-state index contributed by atoms with van der Waals surface area (Å²) in [7, 11) is -4.06. The van der Waals surface area contributed by atoms with Gasteiger partial charge in [0, 0.05) is 10.0 Å². The quantitative estimate of drug-likeness (QED) is 0.388. The van der Waals surface area contributed by atoms with Crippen molar-refractivity contribution in [2.75, 3.05) is 24.0 Å². The molecule has 0 atom stereocenters. The van der Waals surface area contributed by atoms with Crippen molar-refractivity contribution in [3.8, 4) is 5.75 Å². The van der Waals surface area contributed by atoms with E-state index in [0.717, 1.165) is 21.0 Å². The first kappa shape index (κ1) is 25.9. The Bertz CT molecular complexity index is 1240. The molecule has 0 heterocycles. The summed E-state index contributed by atoms with van der Waals surface area (Å²) < 4.78 is 33.5. The van der Waals surface area contributed by atoms with E-state index in [2.05, 4.69) is 5.32 Å². The Morgan fingerprint density at radius 2 is 1.47 bits per heavy atom. The SMILES string of the molecule is Cc1ccc(S(=O)(=O)N(CC(=O)NCCOc2cc(C)cc(C)c2)c2cc(Cl)cc(Cl)c2)cc1. The van der Waals surface area contributed by atoms with Gasteiger partial charge in [0.15, 0.2) is 0 Å². The number of amides is 1. The fourth-order valence-electron chi connectivity index (χ4n) is 3.40. The number of aryl methyl sites for hydroxylation is 3. The minimum absolute atomic E-state index is 0.0557. The molecule has 0 unspecified atom stereocenters. The lowest BCUT2D eigenvalue weighted by atomic mass is 10.1. The van der Waals surface area contributed by atoms with E-state index in [9.17, 15) is 13.2 Å². The number of carbonyl (C=O) groups excluding carboxylic acids is 1. The summed E-state index contributed by atoms with van der Waals surface area (Å²) in [5.74, 6) is 0.222. The van der Waals surface area contributed by atoms with Crippen LogP contribution in [0.15, 0.2) is 65.6 Å². The van der Waals surface area contributed by atoms with E-state index in [1.165, 1.54) is 30.3 Å². The summed E-state index contributed by atoms with van der Waals surface area (Å²) in [5, 5.41) is 3.22. The Labute approximate surface area is 210 Å². The molecule has 3 aromatic rings. The molecular weight excluding hydrogens is 495 g/mol. The molecule has 0 aliphatic rings. The summed E-state index contributed by atoms with van der Waals surface area (Å²) in [6, 6.07) is 16.7. The molecule has 0 aliphatic carbocycles. The molecule has 0 saturated heterocycles. The van der Waals surface area contributed by atoms with Gasteiger partial charge in [0.05, 0.1) is 17.1 Å². The number of halogens is 2. The number of nitrogens with zero attached hydrogens (tertiary/aromatic N) is 1. The molecule has 6 nitrogen and oxygen atoms in total. The molecule has 0 spiro atoms. The molecule has 1 amide bonds. The molecule has 0 radical (unpaired) electrons. The van der Waals surface area contributed by atoms with Gasteiger partial charge < -0.3 is 10.1 Å². The Kier molecular flexibility index (Phi) is 8.47. The maximum atomic E-state index is 13.4. The number of hydrogen-bond donors (Lipinski definition) is 1. The zero-order valence-electron chi connectivity index (χ0n) is 19.1. The fourth-order valence-corrected chi connectivity index (χ4v) is 5.32. The number of benzene rings is 3. The minimum Gasteiger partial charge on any atom is -0.492 e. The van der Waals surface area contributed by atoms with Crippen molar-refractivity contribution in [2.24, 2.45) is 0 Å². The lowest BCUT2D eigenvalue weighted by Gasteiger charge is -2.24. The Balaban J connectivity index is 1.74. The molecular formula is C25H26Cl2N2O4S. The molecule has 0 fully saturated rings. The molecule has 0 aromatic heterocycles. The molecule has 9 heteroatoms. The topological polar surface area (TPSA) is 75.7 Å². The van der Waals surface area contributed by atoms with E-state index in [0.29, 0.717) is 5.75 Å². The van der Waals surface area contributed by atoms with E-state index in [-0.39, 0.29) is 33.8 Å². The number of carbonyl (C=O) groups is 1. The van der Waals surface area contributed by atoms with Gasteiger partial charge in [-0.05, 0) is 74.4 Å². The molecule has 1 N–H and O–H groups in total. The van der Waals surface area contributed by atoms with E-state index in [4.69, 9.17) is 27.9 Å².